The van der Waals surface area contributed by atoms with Gasteiger partial charge < -0.3 is 10.3 Å². The lowest BCUT2D eigenvalue weighted by atomic mass is 10.1. The Morgan fingerprint density at radius 2 is 2.31 bits per heavy atom. The number of thioether (sulfide) groups is 1. The van der Waals surface area contributed by atoms with Gasteiger partial charge in [0.2, 0.25) is 0 Å². The molecule has 1 unspecified atom stereocenters. The minimum atomic E-state index is 0.591. The van der Waals surface area contributed by atoms with E-state index >= 15 is 0 Å². The molecule has 2 rings (SSSR count). The maximum atomic E-state index is 6.24. The van der Waals surface area contributed by atoms with Crippen LogP contribution in [0, 0.1) is 0 Å². The molecule has 1 saturated heterocycles. The molecule has 0 saturated carbocycles. The summed E-state index contributed by atoms with van der Waals surface area (Å²) in [4.78, 5) is 4.75. The first-order chi connectivity index (χ1) is 7.77. The predicted molar refractivity (Wildman–Crippen MR) is 71.0 cm³/mol. The third-order valence-electron chi connectivity index (χ3n) is 3.19. The minimum absolute atomic E-state index is 0.591. The second kappa shape index (κ2) is 5.13. The van der Waals surface area contributed by atoms with Crippen molar-refractivity contribution in [2.24, 2.45) is 0 Å². The summed E-state index contributed by atoms with van der Waals surface area (Å²) in [5, 5.41) is 0. The van der Waals surface area contributed by atoms with E-state index in [4.69, 9.17) is 10.7 Å². The topological polar surface area (TPSA) is 43.8 Å². The highest BCUT2D eigenvalue weighted by atomic mass is 32.2. The van der Waals surface area contributed by atoms with Crippen molar-refractivity contribution >= 4 is 17.6 Å². The monoisotopic (exact) mass is 239 g/mol. The summed E-state index contributed by atoms with van der Waals surface area (Å²) in [7, 11) is 0. The van der Waals surface area contributed by atoms with E-state index in [1.807, 2.05) is 11.8 Å². The van der Waals surface area contributed by atoms with Crippen LogP contribution in [0.2, 0.25) is 0 Å². The van der Waals surface area contributed by atoms with Crippen LogP contribution in [0.15, 0.2) is 0 Å². The van der Waals surface area contributed by atoms with Crippen LogP contribution in [0.1, 0.15) is 44.1 Å². The lowest BCUT2D eigenvalue weighted by Crippen LogP contribution is -2.07. The molecule has 16 heavy (non-hydrogen) atoms. The van der Waals surface area contributed by atoms with E-state index < -0.39 is 0 Å². The third-order valence-corrected chi connectivity index (χ3v) is 4.36. The van der Waals surface area contributed by atoms with Gasteiger partial charge in [-0.2, -0.15) is 11.8 Å². The molecule has 1 aliphatic heterocycles. The highest BCUT2D eigenvalue weighted by Crippen LogP contribution is 2.35. The zero-order valence-electron chi connectivity index (χ0n) is 10.2. The fourth-order valence-electron chi connectivity index (χ4n) is 2.33. The molecule has 2 heterocycles. The highest BCUT2D eigenvalue weighted by Gasteiger charge is 2.24. The van der Waals surface area contributed by atoms with Gasteiger partial charge in [0.05, 0.1) is 5.69 Å². The number of imidazole rings is 1. The summed E-state index contributed by atoms with van der Waals surface area (Å²) in [6.45, 7) is 5.34. The predicted octanol–water partition coefficient (Wildman–Crippen LogP) is 2.66. The van der Waals surface area contributed by atoms with E-state index in [2.05, 4.69) is 18.4 Å². The van der Waals surface area contributed by atoms with E-state index in [1.165, 1.54) is 17.9 Å². The summed E-state index contributed by atoms with van der Waals surface area (Å²) in [5.74, 6) is 5.12. The van der Waals surface area contributed by atoms with Crippen LogP contribution in [0.3, 0.4) is 0 Å². The molecule has 0 bridgehead atoms. The molecule has 0 amide bonds. The molecule has 1 fully saturated rings. The summed E-state index contributed by atoms with van der Waals surface area (Å²) < 4.78 is 2.21. The highest BCUT2D eigenvalue weighted by molar-refractivity contribution is 7.99. The van der Waals surface area contributed by atoms with Gasteiger partial charge >= 0.3 is 0 Å². The van der Waals surface area contributed by atoms with Gasteiger partial charge in [-0.05, 0) is 18.6 Å². The zero-order chi connectivity index (χ0) is 11.5. The van der Waals surface area contributed by atoms with Crippen molar-refractivity contribution < 1.29 is 0 Å². The number of hydrogen-bond donors (Lipinski definition) is 1. The molecule has 2 N–H and O–H groups in total. The second-order valence-corrected chi connectivity index (χ2v) is 5.51. The fourth-order valence-corrected chi connectivity index (χ4v) is 3.55. The van der Waals surface area contributed by atoms with Gasteiger partial charge in [-0.1, -0.05) is 13.8 Å². The Hall–Kier alpha value is -0.640. The van der Waals surface area contributed by atoms with Crippen LogP contribution < -0.4 is 5.73 Å². The Morgan fingerprint density at radius 3 is 2.88 bits per heavy atom. The number of hydrogen-bond acceptors (Lipinski definition) is 3. The van der Waals surface area contributed by atoms with E-state index in [9.17, 15) is 0 Å². The van der Waals surface area contributed by atoms with Crippen LogP contribution in [-0.2, 0) is 13.0 Å². The maximum absolute atomic E-state index is 6.24. The molecule has 1 aliphatic rings. The number of nitrogens with zero attached hydrogens (tertiary/aromatic N) is 2. The van der Waals surface area contributed by atoms with Gasteiger partial charge in [-0.25, -0.2) is 4.98 Å². The summed E-state index contributed by atoms with van der Waals surface area (Å²) >= 11 is 2.02. The molecule has 1 aromatic heterocycles. The number of aryl methyl sites for hydroxylation is 1. The van der Waals surface area contributed by atoms with Gasteiger partial charge in [0, 0.05) is 24.6 Å². The molecule has 1 aromatic rings. The molecule has 0 spiro atoms. The van der Waals surface area contributed by atoms with Crippen LogP contribution in [-0.4, -0.2) is 21.1 Å². The van der Waals surface area contributed by atoms with Crippen molar-refractivity contribution in [1.29, 1.82) is 0 Å². The van der Waals surface area contributed by atoms with Gasteiger partial charge in [-0.3, -0.25) is 0 Å². The zero-order valence-corrected chi connectivity index (χ0v) is 11.0. The Bertz CT molecular complexity index is 353. The Morgan fingerprint density at radius 1 is 1.50 bits per heavy atom. The number of anilines is 1. The van der Waals surface area contributed by atoms with Gasteiger partial charge in [0.1, 0.15) is 11.6 Å². The molecular weight excluding hydrogens is 218 g/mol. The smallest absolute Gasteiger partial charge is 0.127 e. The largest absolute Gasteiger partial charge is 0.384 e. The Labute approximate surface area is 102 Å². The number of rotatable bonds is 4. The van der Waals surface area contributed by atoms with Crippen LogP contribution in [0.5, 0.6) is 0 Å². The molecule has 0 aromatic carbocycles. The number of aromatic nitrogens is 2. The molecular formula is C12H21N3S. The molecule has 90 valence electrons. The number of nitrogens with two attached hydrogens (primary N) is 1. The first kappa shape index (κ1) is 11.8. The SMILES string of the molecule is CCCn1c(CC)nc(C2CCSC2)c1N. The second-order valence-electron chi connectivity index (χ2n) is 4.36. The van der Waals surface area contributed by atoms with Crippen molar-refractivity contribution in [2.75, 3.05) is 17.2 Å². The lowest BCUT2D eigenvalue weighted by Gasteiger charge is -2.08. The molecule has 3 nitrogen and oxygen atoms in total. The van der Waals surface area contributed by atoms with Crippen molar-refractivity contribution in [2.45, 2.75) is 45.6 Å². The van der Waals surface area contributed by atoms with Crippen LogP contribution >= 0.6 is 11.8 Å². The van der Waals surface area contributed by atoms with Crippen LogP contribution in [0.25, 0.3) is 0 Å². The minimum Gasteiger partial charge on any atom is -0.384 e. The van der Waals surface area contributed by atoms with Crippen molar-refractivity contribution in [3.8, 4) is 0 Å². The van der Waals surface area contributed by atoms with Crippen LogP contribution in [0.4, 0.5) is 5.82 Å². The van der Waals surface area contributed by atoms with Gasteiger partial charge in [0.25, 0.3) is 0 Å². The Kier molecular flexibility index (Phi) is 3.79. The molecule has 4 heteroatoms. The maximum Gasteiger partial charge on any atom is 0.127 e. The first-order valence-electron chi connectivity index (χ1n) is 6.20. The van der Waals surface area contributed by atoms with Crippen molar-refractivity contribution in [1.82, 2.24) is 9.55 Å². The Balaban J connectivity index is 2.31. The van der Waals surface area contributed by atoms with Gasteiger partial charge in [-0.15, -0.1) is 0 Å². The summed E-state index contributed by atoms with van der Waals surface area (Å²) in [5.41, 5.74) is 7.40. The standard InChI is InChI=1S/C12H21N3S/c1-3-6-15-10(4-2)14-11(12(15)13)9-5-7-16-8-9/h9H,3-8,13H2,1-2H3. The molecule has 0 radical (unpaired) electrons. The average molecular weight is 239 g/mol. The fraction of sp³-hybridized carbons (Fsp3) is 0.750. The number of nitrogen functional groups attached to an aromatic ring is 1. The molecule has 1 atom stereocenters. The summed E-state index contributed by atoms with van der Waals surface area (Å²) in [6.07, 6.45) is 3.33. The summed E-state index contributed by atoms with van der Waals surface area (Å²) in [6, 6.07) is 0. The van der Waals surface area contributed by atoms with E-state index in [0.29, 0.717) is 5.92 Å². The van der Waals surface area contributed by atoms with Gasteiger partial charge in [0.15, 0.2) is 0 Å². The van der Waals surface area contributed by atoms with Crippen molar-refractivity contribution in [3.05, 3.63) is 11.5 Å². The quantitative estimate of drug-likeness (QED) is 0.878. The van der Waals surface area contributed by atoms with E-state index in [1.54, 1.807) is 0 Å². The van der Waals surface area contributed by atoms with Crippen molar-refractivity contribution in [3.63, 3.8) is 0 Å². The first-order valence-corrected chi connectivity index (χ1v) is 7.35. The average Bonchev–Trinajstić information content (AvgIpc) is 2.89. The third kappa shape index (κ3) is 2.08. The van der Waals surface area contributed by atoms with E-state index in [0.717, 1.165) is 36.7 Å². The normalized spacial score (nSPS) is 20.5. The van der Waals surface area contributed by atoms with E-state index in [-0.39, 0.29) is 0 Å². The molecule has 0 aliphatic carbocycles. The lowest BCUT2D eigenvalue weighted by molar-refractivity contribution is 0.650.